The molecule has 0 saturated carbocycles. The number of nitrogens with one attached hydrogen (secondary N) is 2. The Kier molecular flexibility index (Phi) is 6.76. The maximum absolute atomic E-state index is 12.8. The van der Waals surface area contributed by atoms with Crippen LogP contribution in [0, 0.1) is 23.0 Å². The molecule has 14 heteroatoms. The first-order chi connectivity index (χ1) is 14.9. The number of hydrazine groups is 1. The van der Waals surface area contributed by atoms with Gasteiger partial charge in [-0.05, 0) is 44.0 Å². The van der Waals surface area contributed by atoms with Crippen molar-refractivity contribution in [2.75, 3.05) is 18.5 Å². The van der Waals surface area contributed by atoms with Crippen LogP contribution in [0.1, 0.15) is 23.3 Å². The average Bonchev–Trinajstić information content (AvgIpc) is 3.18. The lowest BCUT2D eigenvalue weighted by molar-refractivity contribution is -0.384. The van der Waals surface area contributed by atoms with Crippen LogP contribution in [0.15, 0.2) is 34.5 Å². The molecule has 2 heterocycles. The largest absolute Gasteiger partial charge is 0.416 e. The van der Waals surface area contributed by atoms with Gasteiger partial charge in [0.05, 0.1) is 16.4 Å². The molecule has 0 aliphatic carbocycles. The number of carbonyl (C=O) groups excluding carboxylic acids is 1. The number of aryl methyl sites for hydroxylation is 1. The molecule has 174 valence electrons. The van der Waals surface area contributed by atoms with Gasteiger partial charge in [0.15, 0.2) is 0 Å². The van der Waals surface area contributed by atoms with Crippen LogP contribution in [0.5, 0.6) is 0 Å². The molecule has 1 unspecified atom stereocenters. The van der Waals surface area contributed by atoms with Crippen molar-refractivity contribution in [3.8, 4) is 0 Å². The number of rotatable bonds is 6. The van der Waals surface area contributed by atoms with E-state index in [4.69, 9.17) is 0 Å². The van der Waals surface area contributed by atoms with E-state index < -0.39 is 44.2 Å². The molecule has 1 saturated heterocycles. The molecular weight excluding hydrogens is 473 g/mol. The van der Waals surface area contributed by atoms with Gasteiger partial charge in [-0.2, -0.15) is 17.5 Å². The molecular formula is C18H19F3N4O5S2. The highest BCUT2D eigenvalue weighted by molar-refractivity contribution is 7.91. The van der Waals surface area contributed by atoms with Gasteiger partial charge in [0, 0.05) is 24.0 Å². The number of hydrogen-bond donors (Lipinski definition) is 2. The van der Waals surface area contributed by atoms with Crippen LogP contribution in [0.25, 0.3) is 0 Å². The first-order valence-corrected chi connectivity index (χ1v) is 11.6. The van der Waals surface area contributed by atoms with Gasteiger partial charge in [0.25, 0.3) is 15.7 Å². The summed E-state index contributed by atoms with van der Waals surface area (Å²) in [6.07, 6.45) is -3.94. The molecule has 1 aromatic heterocycles. The quantitative estimate of drug-likeness (QED) is 0.470. The fourth-order valence-corrected chi connectivity index (χ4v) is 6.21. The summed E-state index contributed by atoms with van der Waals surface area (Å²) in [7, 11) is -3.76. The Bertz CT molecular complexity index is 1130. The Hall–Kier alpha value is -2.71. The van der Waals surface area contributed by atoms with E-state index in [1.807, 2.05) is 0 Å². The number of thiophene rings is 1. The number of carbonyl (C=O) groups is 1. The molecule has 2 aromatic rings. The number of amides is 1. The number of halogens is 3. The van der Waals surface area contributed by atoms with Crippen molar-refractivity contribution in [3.63, 3.8) is 0 Å². The molecule has 0 radical (unpaired) electrons. The molecule has 2 N–H and O–H groups in total. The van der Waals surface area contributed by atoms with Crippen molar-refractivity contribution in [2.45, 2.75) is 30.2 Å². The van der Waals surface area contributed by atoms with Gasteiger partial charge >= 0.3 is 6.18 Å². The maximum Gasteiger partial charge on any atom is 0.416 e. The minimum absolute atomic E-state index is 0.0814. The van der Waals surface area contributed by atoms with E-state index in [9.17, 15) is 36.5 Å². The summed E-state index contributed by atoms with van der Waals surface area (Å²) >= 11 is 1.13. The van der Waals surface area contributed by atoms with Gasteiger partial charge in [-0.15, -0.1) is 11.3 Å². The number of alkyl halides is 3. The van der Waals surface area contributed by atoms with Crippen LogP contribution in [0.3, 0.4) is 0 Å². The van der Waals surface area contributed by atoms with Crippen molar-refractivity contribution in [3.05, 3.63) is 50.9 Å². The molecule has 1 fully saturated rings. The topological polar surface area (TPSA) is 122 Å². The first kappa shape index (κ1) is 23.9. The third-order valence-corrected chi connectivity index (χ3v) is 8.24. The number of nitro groups is 1. The van der Waals surface area contributed by atoms with Crippen molar-refractivity contribution in [2.24, 2.45) is 5.92 Å². The minimum atomic E-state index is -4.76. The lowest BCUT2D eigenvalue weighted by Crippen LogP contribution is -2.46. The van der Waals surface area contributed by atoms with Gasteiger partial charge in [0.1, 0.15) is 9.90 Å². The van der Waals surface area contributed by atoms with Crippen LogP contribution >= 0.6 is 11.3 Å². The van der Waals surface area contributed by atoms with E-state index in [1.165, 1.54) is 10.4 Å². The molecule has 1 aromatic carbocycles. The van der Waals surface area contributed by atoms with Crippen molar-refractivity contribution in [1.82, 2.24) is 9.73 Å². The Labute approximate surface area is 185 Å². The molecule has 9 nitrogen and oxygen atoms in total. The summed E-state index contributed by atoms with van der Waals surface area (Å²) < 4.78 is 65.4. The third kappa shape index (κ3) is 5.19. The predicted octanol–water partition coefficient (Wildman–Crippen LogP) is 3.53. The van der Waals surface area contributed by atoms with Crippen LogP contribution in [-0.2, 0) is 21.0 Å². The third-order valence-electron chi connectivity index (χ3n) is 4.91. The lowest BCUT2D eigenvalue weighted by atomic mass is 9.99. The Balaban J connectivity index is 1.69. The number of sulfonamides is 1. The van der Waals surface area contributed by atoms with Gasteiger partial charge in [-0.3, -0.25) is 25.8 Å². The lowest BCUT2D eigenvalue weighted by Gasteiger charge is -2.30. The molecule has 1 aliphatic rings. The van der Waals surface area contributed by atoms with E-state index in [0.717, 1.165) is 22.3 Å². The SMILES string of the molecule is Cc1ccc(S(=O)(=O)N2CCCC(C(=O)NNc3ccc(C(F)(F)F)cc3[N+](=O)[O-])C2)s1. The molecule has 0 spiro atoms. The zero-order valence-electron chi connectivity index (χ0n) is 16.7. The van der Waals surface area contributed by atoms with Crippen molar-refractivity contribution in [1.29, 1.82) is 0 Å². The van der Waals surface area contributed by atoms with E-state index in [2.05, 4.69) is 10.9 Å². The summed E-state index contributed by atoms with van der Waals surface area (Å²) in [5.74, 6) is -1.36. The van der Waals surface area contributed by atoms with Crippen molar-refractivity contribution < 1.29 is 31.3 Å². The first-order valence-electron chi connectivity index (χ1n) is 9.37. The predicted molar refractivity (Wildman–Crippen MR) is 110 cm³/mol. The summed E-state index contributed by atoms with van der Waals surface area (Å²) in [4.78, 5) is 23.5. The number of benzene rings is 1. The molecule has 0 bridgehead atoms. The van der Waals surface area contributed by atoms with Gasteiger partial charge < -0.3 is 0 Å². The Morgan fingerprint density at radius 3 is 2.59 bits per heavy atom. The number of nitro benzene ring substituents is 1. The smallest absolute Gasteiger partial charge is 0.292 e. The molecule has 1 amide bonds. The standard InChI is InChI=1S/C18H19F3N4O5S2/c1-11-4-7-16(31-11)32(29,30)24-8-2-3-12(10-24)17(26)23-22-14-6-5-13(18(19,20)21)9-15(14)25(27)28/h4-7,9,12,22H,2-3,8,10H2,1H3,(H,23,26). The summed E-state index contributed by atoms with van der Waals surface area (Å²) in [5, 5.41) is 11.2. The number of piperidine rings is 1. The average molecular weight is 493 g/mol. The van der Waals surface area contributed by atoms with E-state index >= 15 is 0 Å². The zero-order valence-corrected chi connectivity index (χ0v) is 18.3. The monoisotopic (exact) mass is 492 g/mol. The van der Waals surface area contributed by atoms with Crippen LogP contribution in [0.4, 0.5) is 24.5 Å². The normalized spacial score (nSPS) is 17.7. The fourth-order valence-electron chi connectivity index (χ4n) is 3.25. The maximum atomic E-state index is 12.8. The highest BCUT2D eigenvalue weighted by Crippen LogP contribution is 2.35. The second-order valence-electron chi connectivity index (χ2n) is 7.17. The number of anilines is 1. The van der Waals surface area contributed by atoms with E-state index in [-0.39, 0.29) is 23.0 Å². The zero-order chi connectivity index (χ0) is 23.7. The Morgan fingerprint density at radius 1 is 1.28 bits per heavy atom. The van der Waals surface area contributed by atoms with Gasteiger partial charge in [-0.1, -0.05) is 0 Å². The second-order valence-corrected chi connectivity index (χ2v) is 10.6. The number of nitrogens with zero attached hydrogens (tertiary/aromatic N) is 2. The van der Waals surface area contributed by atoms with Crippen LogP contribution in [-0.4, -0.2) is 36.6 Å². The molecule has 1 atom stereocenters. The van der Waals surface area contributed by atoms with Gasteiger partial charge in [-0.25, -0.2) is 8.42 Å². The minimum Gasteiger partial charge on any atom is -0.292 e. The van der Waals surface area contributed by atoms with Gasteiger partial charge in [0.2, 0.25) is 5.91 Å². The highest BCUT2D eigenvalue weighted by Gasteiger charge is 2.35. The second kappa shape index (κ2) is 9.03. The van der Waals surface area contributed by atoms with Crippen molar-refractivity contribution >= 4 is 38.6 Å². The van der Waals surface area contributed by atoms with Crippen LogP contribution in [0.2, 0.25) is 0 Å². The Morgan fingerprint density at radius 2 is 2.00 bits per heavy atom. The van der Waals surface area contributed by atoms with E-state index in [1.54, 1.807) is 13.0 Å². The van der Waals surface area contributed by atoms with Crippen LogP contribution < -0.4 is 10.9 Å². The summed E-state index contributed by atoms with van der Waals surface area (Å²) in [6, 6.07) is 5.06. The molecule has 32 heavy (non-hydrogen) atoms. The number of hydrogen-bond acceptors (Lipinski definition) is 7. The summed E-state index contributed by atoms with van der Waals surface area (Å²) in [5.41, 5.74) is 2.14. The summed E-state index contributed by atoms with van der Waals surface area (Å²) in [6.45, 7) is 1.95. The van der Waals surface area contributed by atoms with E-state index in [0.29, 0.717) is 25.0 Å². The fraction of sp³-hybridized carbons (Fsp3) is 0.389. The highest BCUT2D eigenvalue weighted by atomic mass is 32.2. The molecule has 1 aliphatic heterocycles. The molecule has 3 rings (SSSR count).